The number of hydrogen-bond donors (Lipinski definition) is 2. The molecule has 3 aromatic carbocycles. The number of amides is 2. The molecule has 46 heavy (non-hydrogen) atoms. The number of imidazole rings is 2. The van der Waals surface area contributed by atoms with E-state index in [0.717, 1.165) is 66.0 Å². The first-order valence-electron chi connectivity index (χ1n) is 12.9. The number of carbonyl (C=O) groups is 2. The summed E-state index contributed by atoms with van der Waals surface area (Å²) >= 11 is 0. The van der Waals surface area contributed by atoms with Crippen molar-refractivity contribution in [2.24, 2.45) is 0 Å². The second-order valence-electron chi connectivity index (χ2n) is 9.14. The summed E-state index contributed by atoms with van der Waals surface area (Å²) in [6.07, 6.45) is 1.60. The molecule has 0 fully saturated rings. The minimum absolute atomic E-state index is 0. The summed E-state index contributed by atoms with van der Waals surface area (Å²) in [7, 11) is 2.18. The fourth-order valence-electron chi connectivity index (χ4n) is 4.56. The van der Waals surface area contributed by atoms with E-state index in [1.54, 1.807) is 6.20 Å². The predicted octanol–water partition coefficient (Wildman–Crippen LogP) is 5.73. The maximum Gasteiger partial charge on any atom is 2.00 e. The Hall–Kier alpha value is -3.75. The Bertz CT molecular complexity index is 1820. The molecule has 2 atom stereocenters. The molecule has 2 radical (unpaired) electrons. The third-order valence-electron chi connectivity index (χ3n) is 6.55. The zero-order chi connectivity index (χ0) is 31.6. The molecule has 1 aliphatic rings. The topological polar surface area (TPSA) is 192 Å². The molecule has 4 N–H and O–H groups in total. The molecule has 2 aromatic heterocycles. The van der Waals surface area contributed by atoms with Crippen molar-refractivity contribution in [2.45, 2.75) is 12.8 Å². The Balaban J connectivity index is 0.000000540. The molecule has 6 rings (SSSR count). The van der Waals surface area contributed by atoms with E-state index in [2.05, 4.69) is 84.0 Å². The molecule has 0 aliphatic heterocycles. The summed E-state index contributed by atoms with van der Waals surface area (Å²) in [6, 6.07) is 23.2. The van der Waals surface area contributed by atoms with Gasteiger partial charge < -0.3 is 40.5 Å². The van der Waals surface area contributed by atoms with Gasteiger partial charge >= 0.3 is 37.1 Å². The smallest absolute Gasteiger partial charge is 0.632 e. The number of ether oxygens (including phenoxy) is 2. The van der Waals surface area contributed by atoms with Crippen LogP contribution >= 0.6 is 17.2 Å². The van der Waals surface area contributed by atoms with Crippen LogP contribution in [-0.2, 0) is 69.0 Å². The number of methoxy groups -OCH3 is 2. The number of aromatic nitrogens is 4. The summed E-state index contributed by atoms with van der Waals surface area (Å²) in [5.74, 6) is 0. The first kappa shape index (κ1) is 38.4. The summed E-state index contributed by atoms with van der Waals surface area (Å²) in [6.45, 7) is 0. The number of carbonyl (C=O) groups excluding carboxylic acids is 4. The van der Waals surface area contributed by atoms with Crippen LogP contribution in [0.1, 0.15) is 11.3 Å². The largest absolute Gasteiger partial charge is 2.00 e. The maximum absolute atomic E-state index is 10.8. The number of rotatable bonds is 6. The van der Waals surface area contributed by atoms with Gasteiger partial charge in [-0.3, -0.25) is 9.59 Å². The van der Waals surface area contributed by atoms with Crippen LogP contribution in [0.25, 0.3) is 55.9 Å². The molecule has 16 heteroatoms. The van der Waals surface area contributed by atoms with Gasteiger partial charge in [0.2, 0.25) is 12.2 Å². The first-order chi connectivity index (χ1) is 21.3. The average Bonchev–Trinajstić information content (AvgIpc) is 3.68. The Labute approximate surface area is 291 Å². The molecule has 5 aromatic rings. The Morgan fingerprint density at radius 2 is 1.33 bits per heavy atom. The van der Waals surface area contributed by atoms with Gasteiger partial charge in [0.15, 0.2) is 0 Å². The SMILES string of the molecule is COC([NH-])=O.COC([NH-])=O.O=[C-]Pc1ncc(-c2ccc3cc(-c4ccc5c(c4)CCc4[nH]c(P[C-]=O)nc4-5)ccc3c2)[nH]1.[V+2].[V+2]. The third-order valence-corrected chi connectivity index (χ3v) is 7.72. The third kappa shape index (κ3) is 9.87. The van der Waals surface area contributed by atoms with Crippen molar-refractivity contribution in [1.29, 1.82) is 0 Å². The van der Waals surface area contributed by atoms with E-state index in [4.69, 9.17) is 11.5 Å². The number of hydrogen-bond acceptors (Lipinski definition) is 8. The van der Waals surface area contributed by atoms with Crippen molar-refractivity contribution in [3.63, 3.8) is 0 Å². The zero-order valence-electron chi connectivity index (χ0n) is 24.4. The van der Waals surface area contributed by atoms with Gasteiger partial charge in [-0.15, -0.1) is 0 Å². The molecule has 0 saturated carbocycles. The number of nitrogens with zero attached hydrogens (tertiary/aromatic N) is 2. The van der Waals surface area contributed by atoms with Gasteiger partial charge in [-0.25, -0.2) is 22.0 Å². The number of nitrogens with one attached hydrogen (secondary N) is 4. The van der Waals surface area contributed by atoms with E-state index in [1.165, 1.54) is 16.7 Å². The van der Waals surface area contributed by atoms with Crippen LogP contribution in [0.3, 0.4) is 0 Å². The van der Waals surface area contributed by atoms with Crippen LogP contribution in [-0.4, -0.2) is 58.4 Å². The van der Waals surface area contributed by atoms with Gasteiger partial charge in [0.05, 0.1) is 42.9 Å². The molecule has 2 amide bonds. The second kappa shape index (κ2) is 18.4. The molecule has 2 heterocycles. The number of benzene rings is 3. The van der Waals surface area contributed by atoms with Crippen molar-refractivity contribution in [3.05, 3.63) is 83.5 Å². The van der Waals surface area contributed by atoms with E-state index < -0.39 is 12.2 Å². The Kier molecular flexibility index (Phi) is 15.4. The molecular weight excluding hydrogens is 704 g/mol. The summed E-state index contributed by atoms with van der Waals surface area (Å²) in [5, 5.41) is 2.30. The van der Waals surface area contributed by atoms with E-state index in [9.17, 15) is 19.2 Å². The second-order valence-corrected chi connectivity index (χ2v) is 11.0. The van der Waals surface area contributed by atoms with Gasteiger partial charge in [0.25, 0.3) is 0 Å². The van der Waals surface area contributed by atoms with Crippen LogP contribution in [0.2, 0.25) is 0 Å². The van der Waals surface area contributed by atoms with Crippen LogP contribution in [0.15, 0.2) is 60.8 Å². The van der Waals surface area contributed by atoms with E-state index in [0.29, 0.717) is 11.1 Å². The number of fused-ring (bicyclic) bond motifs is 4. The number of aryl methyl sites for hydroxylation is 2. The standard InChI is InChI=1S/C26H18N4O2P2.2C2H5NO2.2V/c31-13-33-25-27-12-23(29-25)20-4-3-16-9-15(1-2-17(16)11-20)18-5-7-21-19(10-18)6-8-22-24(21)30-26(28-22)34-14-32;2*1-5-2(3)4;;/h1-5,7,9-12,33-34H,6,8H2,(H,27,29)(H,28,30);2*1H3,(H2,3,4);;/q-2;;;2*+2/p-2. The van der Waals surface area contributed by atoms with Crippen molar-refractivity contribution in [2.75, 3.05) is 14.2 Å². The van der Waals surface area contributed by atoms with Crippen molar-refractivity contribution in [1.82, 2.24) is 19.9 Å². The van der Waals surface area contributed by atoms with Crippen LogP contribution in [0.5, 0.6) is 0 Å². The molecule has 0 saturated heterocycles. The van der Waals surface area contributed by atoms with Gasteiger partial charge in [-0.2, -0.15) is 17.2 Å². The first-order valence-corrected chi connectivity index (χ1v) is 14.9. The van der Waals surface area contributed by atoms with Crippen molar-refractivity contribution in [3.8, 4) is 33.6 Å². The van der Waals surface area contributed by atoms with Crippen molar-refractivity contribution >= 4 is 63.3 Å². The molecule has 0 spiro atoms. The molecular formula is C30H26N6O6P2V2. The maximum atomic E-state index is 10.8. The Morgan fingerprint density at radius 3 is 1.93 bits per heavy atom. The molecule has 0 bridgehead atoms. The minimum atomic E-state index is -0.995. The average molecular weight is 730 g/mol. The molecule has 232 valence electrons. The zero-order valence-corrected chi connectivity index (χ0v) is 29.2. The van der Waals surface area contributed by atoms with Crippen molar-refractivity contribution < 1.29 is 65.8 Å². The normalized spacial score (nSPS) is 11.1. The molecule has 1 aliphatic carbocycles. The van der Waals surface area contributed by atoms with Crippen LogP contribution in [0.4, 0.5) is 9.59 Å². The fraction of sp³-hybridized carbons (Fsp3) is 0.133. The predicted molar refractivity (Wildman–Crippen MR) is 173 cm³/mol. The van der Waals surface area contributed by atoms with E-state index >= 15 is 0 Å². The Morgan fingerprint density at radius 1 is 0.783 bits per heavy atom. The summed E-state index contributed by atoms with van der Waals surface area (Å²) in [5.41, 5.74) is 22.0. The van der Waals surface area contributed by atoms with Gasteiger partial charge in [0, 0.05) is 16.8 Å². The quantitative estimate of drug-likeness (QED) is 0.163. The van der Waals surface area contributed by atoms with Gasteiger partial charge in [-0.1, -0.05) is 42.5 Å². The fourth-order valence-corrected chi connectivity index (χ4v) is 5.46. The minimum Gasteiger partial charge on any atom is -0.632 e. The van der Waals surface area contributed by atoms with E-state index in [1.807, 2.05) is 12.1 Å². The van der Waals surface area contributed by atoms with Gasteiger partial charge in [-0.05, 0) is 52.4 Å². The molecule has 2 unspecified atom stereocenters. The number of aromatic amines is 2. The van der Waals surface area contributed by atoms with Crippen LogP contribution < -0.4 is 11.1 Å². The monoisotopic (exact) mass is 730 g/mol. The summed E-state index contributed by atoms with van der Waals surface area (Å²) in [4.78, 5) is 55.2. The summed E-state index contributed by atoms with van der Waals surface area (Å²) < 4.78 is 7.56. The van der Waals surface area contributed by atoms with E-state index in [-0.39, 0.29) is 54.3 Å². The number of H-pyrrole nitrogens is 2. The van der Waals surface area contributed by atoms with Crippen LogP contribution in [0, 0.1) is 0 Å². The molecule has 12 nitrogen and oxygen atoms in total. The van der Waals surface area contributed by atoms with Gasteiger partial charge in [0.1, 0.15) is 0 Å².